The van der Waals surface area contributed by atoms with Crippen molar-refractivity contribution in [1.82, 2.24) is 0 Å². The fourth-order valence-corrected chi connectivity index (χ4v) is 2.19. The lowest BCUT2D eigenvalue weighted by Crippen LogP contribution is -2.09. The first-order chi connectivity index (χ1) is 9.61. The molecule has 0 radical (unpaired) electrons. The molecule has 20 heavy (non-hydrogen) atoms. The highest BCUT2D eigenvalue weighted by Crippen LogP contribution is 2.18. The van der Waals surface area contributed by atoms with Crippen LogP contribution in [0.4, 0.5) is 5.69 Å². The number of carbonyl (C=O) groups excluding carboxylic acids is 1. The monoisotopic (exact) mass is 269 g/mol. The van der Waals surface area contributed by atoms with Crippen LogP contribution in [0.1, 0.15) is 27.0 Å². The zero-order chi connectivity index (χ0) is 14.5. The van der Waals surface area contributed by atoms with E-state index < -0.39 is 0 Å². The molecule has 0 amide bonds. The maximum atomic E-state index is 11.7. The molecule has 0 unspecified atom stereocenters. The van der Waals surface area contributed by atoms with Crippen LogP contribution in [0.5, 0.6) is 0 Å². The summed E-state index contributed by atoms with van der Waals surface area (Å²) in [6.45, 7) is 4.74. The fraction of sp³-hybridized carbons (Fsp3) is 0.235. The van der Waals surface area contributed by atoms with Gasteiger partial charge in [0.2, 0.25) is 0 Å². The van der Waals surface area contributed by atoms with Crippen molar-refractivity contribution in [3.05, 3.63) is 64.7 Å². The average molecular weight is 269 g/mol. The van der Waals surface area contributed by atoms with Crippen LogP contribution in [0.25, 0.3) is 0 Å². The van der Waals surface area contributed by atoms with Crippen molar-refractivity contribution >= 4 is 11.7 Å². The molecule has 0 bridgehead atoms. The molecule has 0 heterocycles. The van der Waals surface area contributed by atoms with Crippen molar-refractivity contribution < 1.29 is 9.53 Å². The van der Waals surface area contributed by atoms with Gasteiger partial charge < -0.3 is 10.1 Å². The van der Waals surface area contributed by atoms with E-state index in [1.807, 2.05) is 18.2 Å². The Labute approximate surface area is 119 Å². The van der Waals surface area contributed by atoms with E-state index in [0.717, 1.165) is 11.3 Å². The lowest BCUT2D eigenvalue weighted by Gasteiger charge is -2.12. The molecule has 0 saturated carbocycles. The van der Waals surface area contributed by atoms with Gasteiger partial charge in [-0.2, -0.15) is 0 Å². The smallest absolute Gasteiger partial charge is 0.338 e. The summed E-state index contributed by atoms with van der Waals surface area (Å²) >= 11 is 0. The maximum absolute atomic E-state index is 11.7. The normalized spacial score (nSPS) is 10.2. The molecule has 0 spiro atoms. The molecular formula is C17H19NO2. The van der Waals surface area contributed by atoms with E-state index in [-0.39, 0.29) is 5.97 Å². The van der Waals surface area contributed by atoms with Gasteiger partial charge in [0, 0.05) is 12.2 Å². The third-order valence-electron chi connectivity index (χ3n) is 3.27. The lowest BCUT2D eigenvalue weighted by atomic mass is 10.1. The van der Waals surface area contributed by atoms with Crippen LogP contribution in [0.15, 0.2) is 42.5 Å². The Morgan fingerprint density at radius 3 is 2.60 bits per heavy atom. The minimum atomic E-state index is -0.303. The summed E-state index contributed by atoms with van der Waals surface area (Å²) in [6, 6.07) is 13.7. The summed E-state index contributed by atoms with van der Waals surface area (Å²) in [4.78, 5) is 11.7. The predicted molar refractivity (Wildman–Crippen MR) is 81.0 cm³/mol. The Hall–Kier alpha value is -2.29. The molecule has 0 fully saturated rings. The molecule has 0 aliphatic heterocycles. The molecule has 104 valence electrons. The second-order valence-electron chi connectivity index (χ2n) is 4.82. The maximum Gasteiger partial charge on any atom is 0.338 e. The summed E-state index contributed by atoms with van der Waals surface area (Å²) in [5.74, 6) is -0.303. The second-order valence-corrected chi connectivity index (χ2v) is 4.82. The number of carbonyl (C=O) groups is 1. The van der Waals surface area contributed by atoms with E-state index in [1.165, 1.54) is 18.2 Å². The zero-order valence-corrected chi connectivity index (χ0v) is 12.1. The minimum Gasteiger partial charge on any atom is -0.465 e. The molecule has 2 aromatic carbocycles. The molecule has 3 nitrogen and oxygen atoms in total. The van der Waals surface area contributed by atoms with Gasteiger partial charge in [-0.25, -0.2) is 4.79 Å². The van der Waals surface area contributed by atoms with Gasteiger partial charge in [0.15, 0.2) is 0 Å². The first-order valence-electron chi connectivity index (χ1n) is 6.59. The van der Waals surface area contributed by atoms with Crippen molar-refractivity contribution in [3.8, 4) is 0 Å². The number of hydrogen-bond acceptors (Lipinski definition) is 3. The van der Waals surface area contributed by atoms with Crippen LogP contribution in [0.3, 0.4) is 0 Å². The molecule has 0 aliphatic rings. The number of esters is 1. The largest absolute Gasteiger partial charge is 0.465 e. The number of ether oxygens (including phenoxy) is 1. The average Bonchev–Trinajstić information content (AvgIpc) is 2.46. The Morgan fingerprint density at radius 1 is 1.15 bits per heavy atom. The van der Waals surface area contributed by atoms with E-state index in [1.54, 1.807) is 6.07 Å². The summed E-state index contributed by atoms with van der Waals surface area (Å²) in [7, 11) is 1.40. The second kappa shape index (κ2) is 6.24. The zero-order valence-electron chi connectivity index (χ0n) is 12.1. The van der Waals surface area contributed by atoms with E-state index in [2.05, 4.69) is 37.4 Å². The molecule has 0 atom stereocenters. The molecule has 0 aromatic heterocycles. The van der Waals surface area contributed by atoms with Gasteiger partial charge in [-0.3, -0.25) is 0 Å². The van der Waals surface area contributed by atoms with E-state index in [4.69, 9.17) is 4.74 Å². The highest BCUT2D eigenvalue weighted by molar-refractivity contribution is 5.91. The van der Waals surface area contributed by atoms with Gasteiger partial charge in [-0.05, 0) is 37.1 Å². The highest BCUT2D eigenvalue weighted by Gasteiger charge is 2.10. The topological polar surface area (TPSA) is 38.3 Å². The number of nitrogens with one attached hydrogen (secondary N) is 1. The standard InChI is InChI=1S/C17H19NO2/c1-12-8-9-16(13(2)10-12)18-11-14-6-4-5-7-15(14)17(19)20-3/h4-10,18H,11H2,1-3H3. The van der Waals surface area contributed by atoms with Crippen LogP contribution in [0.2, 0.25) is 0 Å². The first-order valence-corrected chi connectivity index (χ1v) is 6.59. The molecule has 3 heteroatoms. The van der Waals surface area contributed by atoms with Crippen LogP contribution >= 0.6 is 0 Å². The summed E-state index contributed by atoms with van der Waals surface area (Å²) < 4.78 is 4.80. The Balaban J connectivity index is 2.17. The third kappa shape index (κ3) is 3.18. The Bertz CT molecular complexity index is 620. The van der Waals surface area contributed by atoms with Crippen molar-refractivity contribution in [1.29, 1.82) is 0 Å². The van der Waals surface area contributed by atoms with Crippen molar-refractivity contribution in [2.45, 2.75) is 20.4 Å². The molecule has 2 aromatic rings. The fourth-order valence-electron chi connectivity index (χ4n) is 2.19. The van der Waals surface area contributed by atoms with Gasteiger partial charge in [0.05, 0.1) is 12.7 Å². The van der Waals surface area contributed by atoms with Crippen molar-refractivity contribution in [3.63, 3.8) is 0 Å². The van der Waals surface area contributed by atoms with Gasteiger partial charge >= 0.3 is 5.97 Å². The van der Waals surface area contributed by atoms with Crippen molar-refractivity contribution in [2.75, 3.05) is 12.4 Å². The minimum absolute atomic E-state index is 0.303. The Morgan fingerprint density at radius 2 is 1.90 bits per heavy atom. The predicted octanol–water partition coefficient (Wildman–Crippen LogP) is 3.70. The quantitative estimate of drug-likeness (QED) is 0.860. The number of anilines is 1. The van der Waals surface area contributed by atoms with Crippen LogP contribution in [0, 0.1) is 13.8 Å². The molecule has 1 N–H and O–H groups in total. The van der Waals surface area contributed by atoms with Crippen molar-refractivity contribution in [2.24, 2.45) is 0 Å². The Kier molecular flexibility index (Phi) is 4.41. The summed E-state index contributed by atoms with van der Waals surface area (Å²) in [5.41, 5.74) is 5.05. The number of hydrogen-bond donors (Lipinski definition) is 1. The number of benzene rings is 2. The van der Waals surface area contributed by atoms with Crippen LogP contribution in [-0.2, 0) is 11.3 Å². The highest BCUT2D eigenvalue weighted by atomic mass is 16.5. The number of aryl methyl sites for hydroxylation is 2. The van der Waals surface area contributed by atoms with E-state index >= 15 is 0 Å². The third-order valence-corrected chi connectivity index (χ3v) is 3.27. The van der Waals surface area contributed by atoms with E-state index in [9.17, 15) is 4.79 Å². The van der Waals surface area contributed by atoms with Gasteiger partial charge in [-0.1, -0.05) is 35.9 Å². The molecular weight excluding hydrogens is 250 g/mol. The number of methoxy groups -OCH3 is 1. The lowest BCUT2D eigenvalue weighted by molar-refractivity contribution is 0.0599. The molecule has 2 rings (SSSR count). The van der Waals surface area contributed by atoms with Crippen LogP contribution < -0.4 is 5.32 Å². The van der Waals surface area contributed by atoms with Gasteiger partial charge in [0.1, 0.15) is 0 Å². The summed E-state index contributed by atoms with van der Waals surface area (Å²) in [5, 5.41) is 3.37. The van der Waals surface area contributed by atoms with Gasteiger partial charge in [-0.15, -0.1) is 0 Å². The summed E-state index contributed by atoms with van der Waals surface area (Å²) in [6.07, 6.45) is 0. The molecule has 0 saturated heterocycles. The van der Waals surface area contributed by atoms with E-state index in [0.29, 0.717) is 12.1 Å². The SMILES string of the molecule is COC(=O)c1ccccc1CNc1ccc(C)cc1C. The number of rotatable bonds is 4. The van der Waals surface area contributed by atoms with Crippen LogP contribution in [-0.4, -0.2) is 13.1 Å². The first kappa shape index (κ1) is 14.1. The van der Waals surface area contributed by atoms with Gasteiger partial charge in [0.25, 0.3) is 0 Å². The molecule has 0 aliphatic carbocycles.